The molecular weight excluding hydrogens is 274 g/mol. The molecule has 1 aromatic rings. The maximum Gasteiger partial charge on any atom is 0.255 e. The van der Waals surface area contributed by atoms with Gasteiger partial charge < -0.3 is 10.6 Å². The molecule has 2 fully saturated rings. The second-order valence-electron chi connectivity index (χ2n) is 5.68. The van der Waals surface area contributed by atoms with Gasteiger partial charge in [-0.05, 0) is 37.6 Å². The second-order valence-corrected chi connectivity index (χ2v) is 6.08. The Morgan fingerprint density at radius 3 is 2.90 bits per heavy atom. The monoisotopic (exact) mass is 293 g/mol. The first-order valence-electron chi connectivity index (χ1n) is 7.23. The summed E-state index contributed by atoms with van der Waals surface area (Å²) in [4.78, 5) is 17.0. The fourth-order valence-corrected chi connectivity index (χ4v) is 3.49. The van der Waals surface area contributed by atoms with Crippen LogP contribution in [-0.4, -0.2) is 47.9 Å². The van der Waals surface area contributed by atoms with Gasteiger partial charge in [-0.1, -0.05) is 18.0 Å². The molecule has 2 aliphatic heterocycles. The second kappa shape index (κ2) is 5.62. The van der Waals surface area contributed by atoms with Gasteiger partial charge in [-0.15, -0.1) is 0 Å². The summed E-state index contributed by atoms with van der Waals surface area (Å²) in [5.74, 6) is 0.0280. The van der Waals surface area contributed by atoms with E-state index in [9.17, 15) is 4.79 Å². The number of hydrogen-bond donors (Lipinski definition) is 1. The van der Waals surface area contributed by atoms with Crippen LogP contribution in [-0.2, 0) is 0 Å². The van der Waals surface area contributed by atoms with E-state index < -0.39 is 0 Å². The van der Waals surface area contributed by atoms with Crippen molar-refractivity contribution in [1.29, 1.82) is 0 Å². The standard InChI is InChI=1S/C15H20ClN3O/c16-14-9-11(17)4-5-13(14)15(20)19-8-7-18-6-2-1-3-12(18)10-19/h4-5,9,12H,1-3,6-8,10,17H2. The van der Waals surface area contributed by atoms with Gasteiger partial charge in [0.05, 0.1) is 10.6 Å². The zero-order valence-electron chi connectivity index (χ0n) is 11.5. The summed E-state index contributed by atoms with van der Waals surface area (Å²) in [5.41, 5.74) is 6.82. The van der Waals surface area contributed by atoms with Crippen molar-refractivity contribution in [1.82, 2.24) is 9.80 Å². The molecule has 20 heavy (non-hydrogen) atoms. The first-order chi connectivity index (χ1) is 9.65. The molecule has 0 saturated carbocycles. The summed E-state index contributed by atoms with van der Waals surface area (Å²) in [6.07, 6.45) is 3.75. The van der Waals surface area contributed by atoms with Gasteiger partial charge in [-0.25, -0.2) is 0 Å². The number of piperazine rings is 1. The van der Waals surface area contributed by atoms with Crippen LogP contribution in [0.5, 0.6) is 0 Å². The lowest BCUT2D eigenvalue weighted by molar-refractivity contribution is 0.0372. The number of carbonyl (C=O) groups is 1. The van der Waals surface area contributed by atoms with Crippen molar-refractivity contribution in [3.05, 3.63) is 28.8 Å². The zero-order chi connectivity index (χ0) is 14.1. The summed E-state index contributed by atoms with van der Waals surface area (Å²) in [5, 5.41) is 0.445. The Morgan fingerprint density at radius 1 is 1.25 bits per heavy atom. The van der Waals surface area contributed by atoms with Crippen LogP contribution in [0.25, 0.3) is 0 Å². The number of nitrogens with two attached hydrogens (primary N) is 1. The Balaban J connectivity index is 1.74. The summed E-state index contributed by atoms with van der Waals surface area (Å²) in [6, 6.07) is 5.63. The van der Waals surface area contributed by atoms with E-state index in [1.54, 1.807) is 18.2 Å². The Hall–Kier alpha value is -1.26. The molecule has 0 aliphatic carbocycles. The Bertz CT molecular complexity index is 520. The van der Waals surface area contributed by atoms with Crippen LogP contribution in [0.2, 0.25) is 5.02 Å². The minimum Gasteiger partial charge on any atom is -0.399 e. The molecule has 1 aromatic carbocycles. The van der Waals surface area contributed by atoms with Crippen molar-refractivity contribution in [2.24, 2.45) is 0 Å². The molecule has 108 valence electrons. The number of carbonyl (C=O) groups excluding carboxylic acids is 1. The van der Waals surface area contributed by atoms with Crippen LogP contribution in [0, 0.1) is 0 Å². The Morgan fingerprint density at radius 2 is 2.10 bits per heavy atom. The molecule has 0 aromatic heterocycles. The molecule has 0 radical (unpaired) electrons. The number of nitrogens with zero attached hydrogens (tertiary/aromatic N) is 2. The largest absolute Gasteiger partial charge is 0.399 e. The average Bonchev–Trinajstić information content (AvgIpc) is 2.46. The number of hydrogen-bond acceptors (Lipinski definition) is 3. The molecule has 0 bridgehead atoms. The van der Waals surface area contributed by atoms with Gasteiger partial charge in [-0.2, -0.15) is 0 Å². The number of benzene rings is 1. The first kappa shape index (κ1) is 13.7. The molecule has 1 atom stereocenters. The van der Waals surface area contributed by atoms with Gasteiger partial charge in [0, 0.05) is 31.4 Å². The van der Waals surface area contributed by atoms with E-state index in [4.69, 9.17) is 17.3 Å². The zero-order valence-corrected chi connectivity index (χ0v) is 12.3. The smallest absolute Gasteiger partial charge is 0.255 e. The molecule has 2 aliphatic rings. The van der Waals surface area contributed by atoms with Gasteiger partial charge >= 0.3 is 0 Å². The highest BCUT2D eigenvalue weighted by Crippen LogP contribution is 2.25. The minimum absolute atomic E-state index is 0.0280. The van der Waals surface area contributed by atoms with Crippen LogP contribution in [0.3, 0.4) is 0 Å². The normalized spacial score (nSPS) is 23.4. The van der Waals surface area contributed by atoms with E-state index in [2.05, 4.69) is 4.90 Å². The van der Waals surface area contributed by atoms with Gasteiger partial charge in [0.1, 0.15) is 0 Å². The maximum absolute atomic E-state index is 12.6. The molecule has 1 amide bonds. The SMILES string of the molecule is Nc1ccc(C(=O)N2CCN3CCCCC3C2)c(Cl)c1. The first-order valence-corrected chi connectivity index (χ1v) is 7.61. The van der Waals surface area contributed by atoms with Crippen LogP contribution < -0.4 is 5.73 Å². The third kappa shape index (κ3) is 2.63. The van der Waals surface area contributed by atoms with E-state index in [1.807, 2.05) is 4.90 Å². The quantitative estimate of drug-likeness (QED) is 0.808. The maximum atomic E-state index is 12.6. The number of fused-ring (bicyclic) bond motifs is 1. The number of anilines is 1. The van der Waals surface area contributed by atoms with Gasteiger partial charge in [0.15, 0.2) is 0 Å². The topological polar surface area (TPSA) is 49.6 Å². The fourth-order valence-electron chi connectivity index (χ4n) is 3.22. The molecule has 2 N–H and O–H groups in total. The highest BCUT2D eigenvalue weighted by Gasteiger charge is 2.31. The van der Waals surface area contributed by atoms with Gasteiger partial charge in [0.25, 0.3) is 5.91 Å². The van der Waals surface area contributed by atoms with Crippen molar-refractivity contribution in [2.75, 3.05) is 31.9 Å². The molecule has 3 rings (SSSR count). The lowest BCUT2D eigenvalue weighted by Gasteiger charge is -2.44. The van der Waals surface area contributed by atoms with Crippen LogP contribution in [0.1, 0.15) is 29.6 Å². The van der Waals surface area contributed by atoms with Gasteiger partial charge in [0.2, 0.25) is 0 Å². The van der Waals surface area contributed by atoms with Crippen LogP contribution >= 0.6 is 11.6 Å². The lowest BCUT2D eigenvalue weighted by atomic mass is 9.99. The van der Waals surface area contributed by atoms with Crippen LogP contribution in [0.4, 0.5) is 5.69 Å². The Kier molecular flexibility index (Phi) is 3.85. The number of amides is 1. The third-order valence-corrected chi connectivity index (χ3v) is 4.66. The van der Waals surface area contributed by atoms with E-state index in [-0.39, 0.29) is 5.91 Å². The van der Waals surface area contributed by atoms with E-state index in [0.717, 1.165) is 19.6 Å². The molecule has 1 unspecified atom stereocenters. The molecule has 2 saturated heterocycles. The lowest BCUT2D eigenvalue weighted by Crippen LogP contribution is -2.56. The van der Waals surface area contributed by atoms with Crippen molar-refractivity contribution in [2.45, 2.75) is 25.3 Å². The van der Waals surface area contributed by atoms with Crippen molar-refractivity contribution >= 4 is 23.2 Å². The van der Waals surface area contributed by atoms with Crippen molar-refractivity contribution < 1.29 is 4.79 Å². The number of nitrogen functional groups attached to an aromatic ring is 1. The summed E-state index contributed by atoms with van der Waals surface area (Å²) < 4.78 is 0. The van der Waals surface area contributed by atoms with E-state index >= 15 is 0 Å². The highest BCUT2D eigenvalue weighted by atomic mass is 35.5. The van der Waals surface area contributed by atoms with Gasteiger partial charge in [-0.3, -0.25) is 9.69 Å². The third-order valence-electron chi connectivity index (χ3n) is 4.35. The average molecular weight is 294 g/mol. The number of halogens is 1. The summed E-state index contributed by atoms with van der Waals surface area (Å²) in [7, 11) is 0. The van der Waals surface area contributed by atoms with Crippen molar-refractivity contribution in [3.8, 4) is 0 Å². The predicted octanol–water partition coefficient (Wildman–Crippen LogP) is 2.23. The molecule has 2 heterocycles. The molecule has 5 heteroatoms. The number of rotatable bonds is 1. The summed E-state index contributed by atoms with van der Waals surface area (Å²) >= 11 is 6.14. The summed E-state index contributed by atoms with van der Waals surface area (Å²) in [6.45, 7) is 3.76. The van der Waals surface area contributed by atoms with E-state index in [0.29, 0.717) is 22.3 Å². The predicted molar refractivity (Wildman–Crippen MR) is 81.0 cm³/mol. The molecule has 0 spiro atoms. The fraction of sp³-hybridized carbons (Fsp3) is 0.533. The van der Waals surface area contributed by atoms with E-state index in [1.165, 1.54) is 25.8 Å². The van der Waals surface area contributed by atoms with Crippen molar-refractivity contribution in [3.63, 3.8) is 0 Å². The molecular formula is C15H20ClN3O. The molecule has 4 nitrogen and oxygen atoms in total. The number of piperidine rings is 1. The van der Waals surface area contributed by atoms with Crippen LogP contribution in [0.15, 0.2) is 18.2 Å². The minimum atomic E-state index is 0.0280. The Labute approximate surface area is 124 Å². The highest BCUT2D eigenvalue weighted by molar-refractivity contribution is 6.34.